The number of carbonyl (C=O) groups excluding carboxylic acids is 1. The average molecular weight is 218 g/mol. The molecule has 76 valence electrons. The van der Waals surface area contributed by atoms with Crippen molar-refractivity contribution in [1.29, 1.82) is 0 Å². The zero-order chi connectivity index (χ0) is 10.7. The predicted molar refractivity (Wildman–Crippen MR) is 61.3 cm³/mol. The van der Waals surface area contributed by atoms with Gasteiger partial charge in [0.15, 0.2) is 5.01 Å². The van der Waals surface area contributed by atoms with E-state index >= 15 is 0 Å². The summed E-state index contributed by atoms with van der Waals surface area (Å²) >= 11 is 1.35. The van der Waals surface area contributed by atoms with Gasteiger partial charge < -0.3 is 4.90 Å². The van der Waals surface area contributed by atoms with E-state index in [1.165, 1.54) is 11.3 Å². The van der Waals surface area contributed by atoms with E-state index in [0.29, 0.717) is 5.01 Å². The number of amides is 1. The average Bonchev–Trinajstić information content (AvgIpc) is 2.82. The van der Waals surface area contributed by atoms with Gasteiger partial charge in [-0.05, 0) is 12.1 Å². The van der Waals surface area contributed by atoms with Crippen LogP contribution in [0, 0.1) is 0 Å². The van der Waals surface area contributed by atoms with Crippen molar-refractivity contribution in [2.24, 2.45) is 0 Å². The number of aromatic nitrogens is 1. The van der Waals surface area contributed by atoms with Crippen molar-refractivity contribution < 1.29 is 4.79 Å². The quantitative estimate of drug-likeness (QED) is 0.775. The third-order valence-corrected chi connectivity index (χ3v) is 2.82. The van der Waals surface area contributed by atoms with E-state index in [-0.39, 0.29) is 5.91 Å². The van der Waals surface area contributed by atoms with Gasteiger partial charge in [-0.25, -0.2) is 4.98 Å². The Morgan fingerprint density at radius 3 is 2.67 bits per heavy atom. The lowest BCUT2D eigenvalue weighted by Gasteiger charge is -2.15. The highest BCUT2D eigenvalue weighted by Gasteiger charge is 2.14. The summed E-state index contributed by atoms with van der Waals surface area (Å²) in [7, 11) is 1.75. The zero-order valence-corrected chi connectivity index (χ0v) is 9.07. The van der Waals surface area contributed by atoms with Crippen molar-refractivity contribution in [2.45, 2.75) is 0 Å². The highest BCUT2D eigenvalue weighted by molar-refractivity contribution is 7.11. The molecule has 1 amide bonds. The molecule has 1 aromatic carbocycles. The van der Waals surface area contributed by atoms with Crippen molar-refractivity contribution in [3.05, 3.63) is 46.9 Å². The first-order chi connectivity index (χ1) is 7.29. The first kappa shape index (κ1) is 9.86. The Kier molecular flexibility index (Phi) is 2.78. The van der Waals surface area contributed by atoms with E-state index in [1.54, 1.807) is 23.5 Å². The Morgan fingerprint density at radius 2 is 2.07 bits per heavy atom. The minimum absolute atomic E-state index is 0.0730. The number of thiazole rings is 1. The van der Waals surface area contributed by atoms with Crippen LogP contribution in [0.2, 0.25) is 0 Å². The molecule has 1 aromatic heterocycles. The summed E-state index contributed by atoms with van der Waals surface area (Å²) in [5, 5.41) is 2.31. The van der Waals surface area contributed by atoms with Gasteiger partial charge in [0.05, 0.1) is 0 Å². The van der Waals surface area contributed by atoms with Crippen LogP contribution in [-0.2, 0) is 0 Å². The Hall–Kier alpha value is -1.68. The van der Waals surface area contributed by atoms with Crippen LogP contribution < -0.4 is 4.90 Å². The molecule has 2 aromatic rings. The van der Waals surface area contributed by atoms with Gasteiger partial charge in [0.25, 0.3) is 5.91 Å². The molecule has 4 heteroatoms. The smallest absolute Gasteiger partial charge is 0.286 e. The molecule has 0 unspecified atom stereocenters. The molecular weight excluding hydrogens is 208 g/mol. The Bertz CT molecular complexity index is 439. The standard InChI is InChI=1S/C11H10N2OS/c1-13(9-5-3-2-4-6-9)11(14)10-12-7-8-15-10/h2-8H,1H3. The lowest BCUT2D eigenvalue weighted by molar-refractivity contribution is 0.0992. The lowest BCUT2D eigenvalue weighted by Crippen LogP contribution is -2.25. The number of anilines is 1. The molecule has 0 N–H and O–H groups in total. The van der Waals surface area contributed by atoms with Gasteiger partial charge in [-0.1, -0.05) is 18.2 Å². The SMILES string of the molecule is CN(C(=O)c1nccs1)c1ccccc1. The molecule has 15 heavy (non-hydrogen) atoms. The second kappa shape index (κ2) is 4.23. The van der Waals surface area contributed by atoms with Crippen LogP contribution >= 0.6 is 11.3 Å². The molecule has 0 spiro atoms. The highest BCUT2D eigenvalue weighted by atomic mass is 32.1. The minimum Gasteiger partial charge on any atom is -0.309 e. The van der Waals surface area contributed by atoms with E-state index in [9.17, 15) is 4.79 Å². The fourth-order valence-electron chi connectivity index (χ4n) is 1.24. The van der Waals surface area contributed by atoms with E-state index in [4.69, 9.17) is 0 Å². The van der Waals surface area contributed by atoms with Crippen LogP contribution in [0.3, 0.4) is 0 Å². The lowest BCUT2D eigenvalue weighted by atomic mass is 10.3. The van der Waals surface area contributed by atoms with Crippen molar-refractivity contribution in [3.63, 3.8) is 0 Å². The molecule has 0 aliphatic heterocycles. The van der Waals surface area contributed by atoms with E-state index < -0.39 is 0 Å². The fraction of sp³-hybridized carbons (Fsp3) is 0.0909. The van der Waals surface area contributed by atoms with Gasteiger partial charge >= 0.3 is 0 Å². The van der Waals surface area contributed by atoms with Crippen molar-refractivity contribution in [3.8, 4) is 0 Å². The molecule has 0 radical (unpaired) electrons. The van der Waals surface area contributed by atoms with E-state index in [0.717, 1.165) is 5.69 Å². The molecule has 0 atom stereocenters. The second-order valence-corrected chi connectivity index (χ2v) is 3.93. The summed E-state index contributed by atoms with van der Waals surface area (Å²) in [6.07, 6.45) is 1.64. The third-order valence-electron chi connectivity index (χ3n) is 2.06. The van der Waals surface area contributed by atoms with Crippen molar-refractivity contribution >= 4 is 22.9 Å². The third kappa shape index (κ3) is 2.05. The normalized spacial score (nSPS) is 9.93. The first-order valence-corrected chi connectivity index (χ1v) is 5.39. The Labute approximate surface area is 92.0 Å². The van der Waals surface area contributed by atoms with Crippen molar-refractivity contribution in [1.82, 2.24) is 4.98 Å². The topological polar surface area (TPSA) is 33.2 Å². The van der Waals surface area contributed by atoms with Gasteiger partial charge in [-0.2, -0.15) is 0 Å². The Balaban J connectivity index is 2.23. The summed E-state index contributed by atoms with van der Waals surface area (Å²) in [5.41, 5.74) is 0.873. The predicted octanol–water partition coefficient (Wildman–Crippen LogP) is 2.42. The van der Waals surface area contributed by atoms with Crippen LogP contribution in [0.4, 0.5) is 5.69 Å². The monoisotopic (exact) mass is 218 g/mol. The first-order valence-electron chi connectivity index (χ1n) is 4.51. The van der Waals surface area contributed by atoms with E-state index in [2.05, 4.69) is 4.98 Å². The number of carbonyl (C=O) groups is 1. The molecule has 1 heterocycles. The van der Waals surface area contributed by atoms with Gasteiger partial charge in [-0.3, -0.25) is 4.79 Å². The van der Waals surface area contributed by atoms with Crippen LogP contribution in [0.25, 0.3) is 0 Å². The van der Waals surface area contributed by atoms with Gasteiger partial charge in [0, 0.05) is 24.3 Å². The van der Waals surface area contributed by atoms with Gasteiger partial charge in [-0.15, -0.1) is 11.3 Å². The molecule has 2 rings (SSSR count). The summed E-state index contributed by atoms with van der Waals surface area (Å²) < 4.78 is 0. The maximum Gasteiger partial charge on any atom is 0.286 e. The van der Waals surface area contributed by atoms with Crippen LogP contribution in [0.15, 0.2) is 41.9 Å². The zero-order valence-electron chi connectivity index (χ0n) is 8.25. The molecule has 3 nitrogen and oxygen atoms in total. The minimum atomic E-state index is -0.0730. The number of para-hydroxylation sites is 1. The Morgan fingerprint density at radius 1 is 1.33 bits per heavy atom. The summed E-state index contributed by atoms with van der Waals surface area (Å²) in [6, 6.07) is 9.52. The van der Waals surface area contributed by atoms with Crippen LogP contribution in [0.1, 0.15) is 9.80 Å². The largest absolute Gasteiger partial charge is 0.309 e. The van der Waals surface area contributed by atoms with Gasteiger partial charge in [0.2, 0.25) is 0 Å². The summed E-state index contributed by atoms with van der Waals surface area (Å²) in [5.74, 6) is -0.0730. The number of nitrogens with zero attached hydrogens (tertiary/aromatic N) is 2. The number of benzene rings is 1. The molecule has 0 aliphatic rings. The van der Waals surface area contributed by atoms with Crippen molar-refractivity contribution in [2.75, 3.05) is 11.9 Å². The summed E-state index contributed by atoms with van der Waals surface area (Å²) in [4.78, 5) is 17.5. The maximum atomic E-state index is 11.9. The number of hydrogen-bond donors (Lipinski definition) is 0. The number of hydrogen-bond acceptors (Lipinski definition) is 3. The van der Waals surface area contributed by atoms with E-state index in [1.807, 2.05) is 30.3 Å². The molecule has 0 bridgehead atoms. The molecule has 0 aliphatic carbocycles. The molecular formula is C11H10N2OS. The molecule has 0 saturated heterocycles. The summed E-state index contributed by atoms with van der Waals surface area (Å²) in [6.45, 7) is 0. The number of rotatable bonds is 2. The molecule has 0 saturated carbocycles. The van der Waals surface area contributed by atoms with Crippen LogP contribution in [0.5, 0.6) is 0 Å². The highest BCUT2D eigenvalue weighted by Crippen LogP contribution is 2.15. The van der Waals surface area contributed by atoms with Gasteiger partial charge in [0.1, 0.15) is 0 Å². The second-order valence-electron chi connectivity index (χ2n) is 3.04. The van der Waals surface area contributed by atoms with Crippen LogP contribution in [-0.4, -0.2) is 17.9 Å². The fourth-order valence-corrected chi connectivity index (χ4v) is 1.85. The molecule has 0 fully saturated rings. The maximum absolute atomic E-state index is 11.9.